The second kappa shape index (κ2) is 5.37. The molecule has 2 aromatic heterocycles. The Hall–Kier alpha value is -2.08. The first-order valence-electron chi connectivity index (χ1n) is 6.52. The maximum absolute atomic E-state index is 5.95. The normalized spacial score (nSPS) is 11.0. The summed E-state index contributed by atoms with van der Waals surface area (Å²) in [5.41, 5.74) is 9.28. The van der Waals surface area contributed by atoms with Crippen LogP contribution >= 0.6 is 15.9 Å². The maximum atomic E-state index is 5.95. The quantitative estimate of drug-likeness (QED) is 0.739. The third-order valence-corrected chi connectivity index (χ3v) is 4.42. The van der Waals surface area contributed by atoms with Gasteiger partial charge in [-0.2, -0.15) is 5.10 Å². The predicted octanol–water partition coefficient (Wildman–Crippen LogP) is 3.20. The summed E-state index contributed by atoms with van der Waals surface area (Å²) in [5.74, 6) is 0.762. The zero-order valence-electron chi connectivity index (χ0n) is 11.8. The van der Waals surface area contributed by atoms with Crippen LogP contribution in [0.1, 0.15) is 11.4 Å². The van der Waals surface area contributed by atoms with E-state index in [1.807, 2.05) is 42.9 Å². The van der Waals surface area contributed by atoms with Crippen molar-refractivity contribution in [1.82, 2.24) is 14.8 Å². The van der Waals surface area contributed by atoms with Gasteiger partial charge in [0, 0.05) is 18.6 Å². The lowest BCUT2D eigenvalue weighted by atomic mass is 10.2. The van der Waals surface area contributed by atoms with Gasteiger partial charge >= 0.3 is 0 Å². The average Bonchev–Trinajstić information content (AvgIpc) is 2.72. The molecule has 0 aliphatic rings. The van der Waals surface area contributed by atoms with Crippen LogP contribution in [0.15, 0.2) is 34.9 Å². The van der Waals surface area contributed by atoms with Gasteiger partial charge in [0.15, 0.2) is 0 Å². The van der Waals surface area contributed by atoms with Gasteiger partial charge in [-0.3, -0.25) is 9.67 Å². The molecular formula is C15H15BrN4O. The van der Waals surface area contributed by atoms with Gasteiger partial charge in [-0.15, -0.1) is 0 Å². The van der Waals surface area contributed by atoms with Crippen molar-refractivity contribution < 1.29 is 4.74 Å². The van der Waals surface area contributed by atoms with Gasteiger partial charge in [0.2, 0.25) is 0 Å². The molecule has 0 aliphatic heterocycles. The van der Waals surface area contributed by atoms with Crippen LogP contribution in [-0.2, 0) is 13.7 Å². The van der Waals surface area contributed by atoms with Crippen molar-refractivity contribution in [2.45, 2.75) is 13.5 Å². The molecule has 5 nitrogen and oxygen atoms in total. The Morgan fingerprint density at radius 1 is 1.33 bits per heavy atom. The number of hydrogen-bond acceptors (Lipinski definition) is 4. The van der Waals surface area contributed by atoms with Crippen LogP contribution in [-0.4, -0.2) is 14.8 Å². The molecule has 0 aliphatic carbocycles. The molecular weight excluding hydrogens is 332 g/mol. The minimum Gasteiger partial charge on any atom is -0.487 e. The lowest BCUT2D eigenvalue weighted by molar-refractivity contribution is 0.297. The molecule has 0 amide bonds. The van der Waals surface area contributed by atoms with Crippen molar-refractivity contribution in [3.8, 4) is 5.75 Å². The summed E-state index contributed by atoms with van der Waals surface area (Å²) >= 11 is 3.54. The van der Waals surface area contributed by atoms with E-state index in [-0.39, 0.29) is 0 Å². The van der Waals surface area contributed by atoms with Crippen LogP contribution in [0.4, 0.5) is 5.69 Å². The van der Waals surface area contributed by atoms with E-state index < -0.39 is 0 Å². The number of fused-ring (bicyclic) bond motifs is 1. The Bertz CT molecular complexity index is 813. The molecule has 2 heterocycles. The fraction of sp³-hybridized carbons (Fsp3) is 0.200. The molecule has 0 saturated heterocycles. The summed E-state index contributed by atoms with van der Waals surface area (Å²) in [4.78, 5) is 4.30. The molecule has 0 radical (unpaired) electrons. The Morgan fingerprint density at radius 3 is 2.86 bits per heavy atom. The van der Waals surface area contributed by atoms with Crippen LogP contribution in [0.3, 0.4) is 0 Å². The van der Waals surface area contributed by atoms with E-state index in [0.717, 1.165) is 32.5 Å². The number of nitrogens with two attached hydrogens (primary N) is 1. The number of nitrogens with zero attached hydrogens (tertiary/aromatic N) is 3. The van der Waals surface area contributed by atoms with Gasteiger partial charge < -0.3 is 10.5 Å². The van der Waals surface area contributed by atoms with Crippen LogP contribution in [0.5, 0.6) is 5.75 Å². The van der Waals surface area contributed by atoms with Crippen molar-refractivity contribution >= 4 is 32.5 Å². The number of benzene rings is 1. The fourth-order valence-corrected chi connectivity index (χ4v) is 2.73. The molecule has 0 atom stereocenters. The van der Waals surface area contributed by atoms with Crippen LogP contribution in [0.2, 0.25) is 0 Å². The van der Waals surface area contributed by atoms with Crippen molar-refractivity contribution in [1.29, 1.82) is 0 Å². The molecule has 21 heavy (non-hydrogen) atoms. The average molecular weight is 347 g/mol. The van der Waals surface area contributed by atoms with Gasteiger partial charge in [0.1, 0.15) is 12.4 Å². The molecule has 0 unspecified atom stereocenters. The Balaban J connectivity index is 1.94. The monoisotopic (exact) mass is 346 g/mol. The summed E-state index contributed by atoms with van der Waals surface area (Å²) in [7, 11) is 1.90. The standard InChI is InChI=1S/C15H15BrN4O/c1-9-14(16)12(20(2)19-9)8-21-13-6-5-11(17)15-10(13)4-3-7-18-15/h3-7H,8,17H2,1-2H3. The summed E-state index contributed by atoms with van der Waals surface area (Å²) in [6.45, 7) is 2.38. The lowest BCUT2D eigenvalue weighted by Crippen LogP contribution is -2.04. The van der Waals surface area contributed by atoms with E-state index in [1.54, 1.807) is 6.20 Å². The summed E-state index contributed by atoms with van der Waals surface area (Å²) < 4.78 is 8.74. The lowest BCUT2D eigenvalue weighted by Gasteiger charge is -2.10. The zero-order chi connectivity index (χ0) is 15.0. The number of pyridine rings is 1. The summed E-state index contributed by atoms with van der Waals surface area (Å²) in [6, 6.07) is 7.51. The number of halogens is 1. The molecule has 0 spiro atoms. The number of hydrogen-bond donors (Lipinski definition) is 1. The third kappa shape index (κ3) is 2.47. The van der Waals surface area contributed by atoms with Crippen LogP contribution in [0.25, 0.3) is 10.9 Å². The van der Waals surface area contributed by atoms with E-state index in [9.17, 15) is 0 Å². The smallest absolute Gasteiger partial charge is 0.131 e. The van der Waals surface area contributed by atoms with Crippen molar-refractivity contribution in [2.75, 3.05) is 5.73 Å². The highest BCUT2D eigenvalue weighted by molar-refractivity contribution is 9.10. The highest BCUT2D eigenvalue weighted by atomic mass is 79.9. The molecule has 3 rings (SSSR count). The number of rotatable bonds is 3. The number of anilines is 1. The molecule has 6 heteroatoms. The van der Waals surface area contributed by atoms with Gasteiger partial charge in [-0.1, -0.05) is 0 Å². The molecule has 0 saturated carbocycles. The van der Waals surface area contributed by atoms with E-state index in [2.05, 4.69) is 26.0 Å². The molecule has 1 aromatic carbocycles. The van der Waals surface area contributed by atoms with E-state index in [4.69, 9.17) is 10.5 Å². The number of aryl methyl sites for hydroxylation is 2. The highest BCUT2D eigenvalue weighted by Gasteiger charge is 2.12. The van der Waals surface area contributed by atoms with Gasteiger partial charge in [0.25, 0.3) is 0 Å². The Labute approximate surface area is 130 Å². The first-order valence-corrected chi connectivity index (χ1v) is 7.31. The largest absolute Gasteiger partial charge is 0.487 e. The van der Waals surface area contributed by atoms with E-state index in [0.29, 0.717) is 12.3 Å². The van der Waals surface area contributed by atoms with E-state index in [1.165, 1.54) is 0 Å². The SMILES string of the molecule is Cc1nn(C)c(COc2ccc(N)c3ncccc23)c1Br. The van der Waals surface area contributed by atoms with E-state index >= 15 is 0 Å². The topological polar surface area (TPSA) is 66.0 Å². The number of aromatic nitrogens is 3. The fourth-order valence-electron chi connectivity index (χ4n) is 2.28. The van der Waals surface area contributed by atoms with Crippen molar-refractivity contribution in [3.63, 3.8) is 0 Å². The minimum atomic E-state index is 0.422. The second-order valence-corrected chi connectivity index (χ2v) is 5.60. The van der Waals surface area contributed by atoms with Crippen molar-refractivity contribution in [3.05, 3.63) is 46.3 Å². The predicted molar refractivity (Wildman–Crippen MR) is 86.1 cm³/mol. The first kappa shape index (κ1) is 13.9. The van der Waals surface area contributed by atoms with Crippen LogP contribution < -0.4 is 10.5 Å². The maximum Gasteiger partial charge on any atom is 0.131 e. The summed E-state index contributed by atoms with van der Waals surface area (Å²) in [5, 5.41) is 5.27. The third-order valence-electron chi connectivity index (χ3n) is 3.39. The first-order chi connectivity index (χ1) is 10.1. The molecule has 2 N–H and O–H groups in total. The molecule has 0 fully saturated rings. The van der Waals surface area contributed by atoms with Crippen LogP contribution in [0, 0.1) is 6.92 Å². The minimum absolute atomic E-state index is 0.422. The van der Waals surface area contributed by atoms with Gasteiger partial charge in [-0.25, -0.2) is 0 Å². The molecule has 0 bridgehead atoms. The second-order valence-electron chi connectivity index (χ2n) is 4.81. The molecule has 108 valence electrons. The highest BCUT2D eigenvalue weighted by Crippen LogP contribution is 2.29. The molecule has 3 aromatic rings. The number of ether oxygens (including phenoxy) is 1. The number of nitrogen functional groups attached to an aromatic ring is 1. The Morgan fingerprint density at radius 2 is 2.14 bits per heavy atom. The van der Waals surface area contributed by atoms with Gasteiger partial charge in [0.05, 0.1) is 27.1 Å². The summed E-state index contributed by atoms with van der Waals surface area (Å²) in [6.07, 6.45) is 1.73. The van der Waals surface area contributed by atoms with Gasteiger partial charge in [-0.05, 0) is 47.1 Å². The Kier molecular flexibility index (Phi) is 3.55. The van der Waals surface area contributed by atoms with Crippen molar-refractivity contribution in [2.24, 2.45) is 7.05 Å². The zero-order valence-corrected chi connectivity index (χ0v) is 13.4.